The first-order chi connectivity index (χ1) is 4.84. The normalized spacial score (nSPS) is 25.7. The smallest absolute Gasteiger partial charge is 0.00462 e. The van der Waals surface area contributed by atoms with Crippen molar-refractivity contribution in [2.75, 3.05) is 13.6 Å². The average Bonchev–Trinajstić information content (AvgIpc) is 2.31. The Morgan fingerprint density at radius 2 is 2.50 bits per heavy atom. The van der Waals surface area contributed by atoms with Crippen molar-refractivity contribution in [3.63, 3.8) is 0 Å². The fourth-order valence-electron chi connectivity index (χ4n) is 1.65. The van der Waals surface area contributed by atoms with Gasteiger partial charge in [0.15, 0.2) is 0 Å². The molecule has 0 aromatic carbocycles. The summed E-state index contributed by atoms with van der Waals surface area (Å²) in [4.78, 5) is 0. The summed E-state index contributed by atoms with van der Waals surface area (Å²) < 4.78 is 0. The number of allylic oxidation sites excluding steroid dienone is 1. The molecule has 0 amide bonds. The molecule has 1 unspecified atom stereocenters. The topological polar surface area (TPSA) is 12.0 Å². The van der Waals surface area contributed by atoms with Crippen LogP contribution in [-0.2, 0) is 0 Å². The lowest BCUT2D eigenvalue weighted by molar-refractivity contribution is 0.553. The molecule has 1 nitrogen and oxygen atoms in total. The minimum Gasteiger partial charge on any atom is -0.320 e. The van der Waals surface area contributed by atoms with Gasteiger partial charge < -0.3 is 5.32 Å². The Morgan fingerprint density at radius 1 is 1.70 bits per heavy atom. The van der Waals surface area contributed by atoms with Gasteiger partial charge in [-0.15, -0.1) is 0 Å². The Balaban J connectivity index is 2.20. The number of hydrogen-bond donors (Lipinski definition) is 1. The van der Waals surface area contributed by atoms with Gasteiger partial charge in [0.2, 0.25) is 0 Å². The molecule has 0 saturated heterocycles. The van der Waals surface area contributed by atoms with Gasteiger partial charge in [-0.05, 0) is 45.2 Å². The van der Waals surface area contributed by atoms with Crippen molar-refractivity contribution >= 4 is 0 Å². The van der Waals surface area contributed by atoms with Crippen LogP contribution in [0.1, 0.15) is 25.7 Å². The van der Waals surface area contributed by atoms with Crippen LogP contribution in [0.3, 0.4) is 0 Å². The van der Waals surface area contributed by atoms with Gasteiger partial charge in [-0.1, -0.05) is 12.2 Å². The monoisotopic (exact) mass is 139 g/mol. The van der Waals surface area contributed by atoms with E-state index in [2.05, 4.69) is 11.9 Å². The molecule has 1 atom stereocenters. The Bertz CT molecular complexity index is 118. The predicted octanol–water partition coefficient (Wildman–Crippen LogP) is 1.95. The van der Waals surface area contributed by atoms with E-state index in [1.165, 1.54) is 31.3 Å². The van der Waals surface area contributed by atoms with Crippen LogP contribution >= 0.6 is 0 Å². The Hall–Kier alpha value is -0.300. The first-order valence-electron chi connectivity index (χ1n) is 4.17. The van der Waals surface area contributed by atoms with Crippen molar-refractivity contribution in [1.29, 1.82) is 0 Å². The highest BCUT2D eigenvalue weighted by Crippen LogP contribution is 2.31. The number of hydrogen-bond acceptors (Lipinski definition) is 1. The van der Waals surface area contributed by atoms with E-state index in [1.807, 2.05) is 7.05 Å². The van der Waals surface area contributed by atoms with E-state index < -0.39 is 0 Å². The lowest BCUT2D eigenvalue weighted by Crippen LogP contribution is -2.11. The third-order valence-corrected chi connectivity index (χ3v) is 2.37. The zero-order chi connectivity index (χ0) is 7.40. The quantitative estimate of drug-likeness (QED) is 0.589. The SMILES string of the molecule is C=C1CCCC1CCNC. The average molecular weight is 139 g/mol. The van der Waals surface area contributed by atoms with Crippen molar-refractivity contribution < 1.29 is 0 Å². The zero-order valence-corrected chi connectivity index (χ0v) is 6.82. The van der Waals surface area contributed by atoms with Crippen LogP contribution < -0.4 is 5.32 Å². The molecule has 1 aliphatic carbocycles. The lowest BCUT2D eigenvalue weighted by atomic mass is 10.0. The van der Waals surface area contributed by atoms with Crippen molar-refractivity contribution in [3.8, 4) is 0 Å². The van der Waals surface area contributed by atoms with E-state index in [9.17, 15) is 0 Å². The first kappa shape index (κ1) is 7.80. The van der Waals surface area contributed by atoms with Crippen LogP contribution in [-0.4, -0.2) is 13.6 Å². The van der Waals surface area contributed by atoms with E-state index in [-0.39, 0.29) is 0 Å². The Morgan fingerprint density at radius 3 is 3.00 bits per heavy atom. The van der Waals surface area contributed by atoms with Crippen molar-refractivity contribution in [3.05, 3.63) is 12.2 Å². The van der Waals surface area contributed by atoms with E-state index in [1.54, 1.807) is 0 Å². The summed E-state index contributed by atoms with van der Waals surface area (Å²) in [6, 6.07) is 0. The van der Waals surface area contributed by atoms with E-state index in [0.29, 0.717) is 0 Å². The van der Waals surface area contributed by atoms with Crippen molar-refractivity contribution in [2.24, 2.45) is 5.92 Å². The molecule has 1 heteroatoms. The number of nitrogens with one attached hydrogen (secondary N) is 1. The number of rotatable bonds is 3. The molecule has 1 fully saturated rings. The van der Waals surface area contributed by atoms with Gasteiger partial charge in [0.25, 0.3) is 0 Å². The molecule has 58 valence electrons. The maximum absolute atomic E-state index is 4.06. The van der Waals surface area contributed by atoms with Crippen molar-refractivity contribution in [1.82, 2.24) is 5.32 Å². The zero-order valence-electron chi connectivity index (χ0n) is 6.82. The van der Waals surface area contributed by atoms with Gasteiger partial charge in [-0.2, -0.15) is 0 Å². The fraction of sp³-hybridized carbons (Fsp3) is 0.778. The van der Waals surface area contributed by atoms with Gasteiger partial charge in [0, 0.05) is 0 Å². The molecule has 0 radical (unpaired) electrons. The molecule has 0 aromatic heterocycles. The van der Waals surface area contributed by atoms with Gasteiger partial charge in [0.1, 0.15) is 0 Å². The summed E-state index contributed by atoms with van der Waals surface area (Å²) in [6.45, 7) is 5.20. The summed E-state index contributed by atoms with van der Waals surface area (Å²) >= 11 is 0. The third-order valence-electron chi connectivity index (χ3n) is 2.37. The minimum atomic E-state index is 0.826. The molecular weight excluding hydrogens is 122 g/mol. The molecule has 10 heavy (non-hydrogen) atoms. The highest BCUT2D eigenvalue weighted by Gasteiger charge is 2.17. The molecule has 1 rings (SSSR count). The van der Waals surface area contributed by atoms with E-state index >= 15 is 0 Å². The second-order valence-electron chi connectivity index (χ2n) is 3.14. The predicted molar refractivity (Wildman–Crippen MR) is 45.0 cm³/mol. The van der Waals surface area contributed by atoms with Crippen LogP contribution in [0.2, 0.25) is 0 Å². The third kappa shape index (κ3) is 1.84. The molecule has 0 heterocycles. The van der Waals surface area contributed by atoms with Gasteiger partial charge in [0.05, 0.1) is 0 Å². The van der Waals surface area contributed by atoms with Crippen molar-refractivity contribution in [2.45, 2.75) is 25.7 Å². The molecule has 0 bridgehead atoms. The first-order valence-corrected chi connectivity index (χ1v) is 4.17. The molecule has 1 aliphatic rings. The summed E-state index contributed by atoms with van der Waals surface area (Å²) in [5.74, 6) is 0.826. The molecule has 0 aliphatic heterocycles. The van der Waals surface area contributed by atoms with Gasteiger partial charge in [-0.3, -0.25) is 0 Å². The summed E-state index contributed by atoms with van der Waals surface area (Å²) in [5, 5.41) is 3.17. The Labute approximate surface area is 63.5 Å². The lowest BCUT2D eigenvalue weighted by Gasteiger charge is -2.09. The highest BCUT2D eigenvalue weighted by molar-refractivity contribution is 5.05. The second-order valence-corrected chi connectivity index (χ2v) is 3.14. The Kier molecular flexibility index (Phi) is 2.94. The fourth-order valence-corrected chi connectivity index (χ4v) is 1.65. The molecule has 0 aromatic rings. The largest absolute Gasteiger partial charge is 0.320 e. The maximum Gasteiger partial charge on any atom is -0.00462 e. The van der Waals surface area contributed by atoms with Crippen LogP contribution in [0.15, 0.2) is 12.2 Å². The summed E-state index contributed by atoms with van der Waals surface area (Å²) in [5.41, 5.74) is 1.48. The van der Waals surface area contributed by atoms with E-state index in [4.69, 9.17) is 0 Å². The maximum atomic E-state index is 4.06. The van der Waals surface area contributed by atoms with Gasteiger partial charge >= 0.3 is 0 Å². The van der Waals surface area contributed by atoms with E-state index in [0.717, 1.165) is 12.5 Å². The van der Waals surface area contributed by atoms with Crippen LogP contribution in [0.4, 0.5) is 0 Å². The molecule has 0 spiro atoms. The van der Waals surface area contributed by atoms with Crippen LogP contribution in [0.25, 0.3) is 0 Å². The molecule has 1 saturated carbocycles. The van der Waals surface area contributed by atoms with Crippen LogP contribution in [0.5, 0.6) is 0 Å². The van der Waals surface area contributed by atoms with Gasteiger partial charge in [-0.25, -0.2) is 0 Å². The highest BCUT2D eigenvalue weighted by atomic mass is 14.8. The molecular formula is C9H17N. The molecule has 1 N–H and O–H groups in total. The second kappa shape index (κ2) is 3.77. The summed E-state index contributed by atoms with van der Waals surface area (Å²) in [7, 11) is 2.01. The summed E-state index contributed by atoms with van der Waals surface area (Å²) in [6.07, 6.45) is 5.30. The minimum absolute atomic E-state index is 0.826. The standard InChI is InChI=1S/C9H17N/c1-8-4-3-5-9(8)6-7-10-2/h9-10H,1,3-7H2,2H3. The van der Waals surface area contributed by atoms with Crippen LogP contribution in [0, 0.1) is 5.92 Å².